The summed E-state index contributed by atoms with van der Waals surface area (Å²) in [7, 11) is 0. The molecule has 0 heterocycles. The molecule has 0 aliphatic carbocycles. The third kappa shape index (κ3) is 5.76. The van der Waals surface area contributed by atoms with Gasteiger partial charge >= 0.3 is 6.03 Å². The van der Waals surface area contributed by atoms with E-state index < -0.39 is 36.3 Å². The van der Waals surface area contributed by atoms with Gasteiger partial charge in [-0.05, 0) is 19.1 Å². The van der Waals surface area contributed by atoms with Crippen LogP contribution in [0.3, 0.4) is 0 Å². The largest absolute Gasteiger partial charge is 0.478 e. The quantitative estimate of drug-likeness (QED) is 0.542. The first-order valence-corrected chi connectivity index (χ1v) is 5.93. The molecule has 9 heteroatoms. The fourth-order valence-electron chi connectivity index (χ4n) is 1.23. The molecule has 1 unspecified atom stereocenters. The van der Waals surface area contributed by atoms with Crippen molar-refractivity contribution in [2.75, 3.05) is 6.54 Å². The molecule has 1 aromatic carbocycles. The number of amides is 4. The van der Waals surface area contributed by atoms with Crippen LogP contribution in [-0.2, 0) is 9.59 Å². The Bertz CT molecular complexity index is 538. The Balaban J connectivity index is 2.40. The molecule has 5 N–H and O–H groups in total. The van der Waals surface area contributed by atoms with Crippen molar-refractivity contribution in [2.24, 2.45) is 5.73 Å². The van der Waals surface area contributed by atoms with E-state index in [1.54, 1.807) is 6.07 Å². The van der Waals surface area contributed by atoms with Crippen LogP contribution in [0.15, 0.2) is 24.3 Å². The molecule has 4 amide bonds. The van der Waals surface area contributed by atoms with E-state index in [2.05, 4.69) is 5.43 Å². The highest BCUT2D eigenvalue weighted by Gasteiger charge is 2.16. The number of ether oxygens (including phenoxy) is 1. The molecular formula is C12H15FN4O4. The van der Waals surface area contributed by atoms with Crippen LogP contribution in [0.2, 0.25) is 0 Å². The monoisotopic (exact) mass is 298 g/mol. The van der Waals surface area contributed by atoms with Crippen LogP contribution >= 0.6 is 0 Å². The molecule has 0 aromatic heterocycles. The molecule has 0 aliphatic heterocycles. The van der Waals surface area contributed by atoms with E-state index in [0.29, 0.717) is 0 Å². The Morgan fingerprint density at radius 1 is 1.29 bits per heavy atom. The Morgan fingerprint density at radius 3 is 2.57 bits per heavy atom. The molecule has 1 atom stereocenters. The van der Waals surface area contributed by atoms with Gasteiger partial charge in [0, 0.05) is 0 Å². The Morgan fingerprint density at radius 2 is 1.95 bits per heavy atom. The lowest BCUT2D eigenvalue weighted by Gasteiger charge is -2.15. The molecule has 0 fully saturated rings. The summed E-state index contributed by atoms with van der Waals surface area (Å²) < 4.78 is 18.4. The van der Waals surface area contributed by atoms with Crippen LogP contribution in [0.1, 0.15) is 6.92 Å². The number of benzene rings is 1. The second-order valence-electron chi connectivity index (χ2n) is 3.95. The van der Waals surface area contributed by atoms with Gasteiger partial charge in [-0.2, -0.15) is 0 Å². The van der Waals surface area contributed by atoms with Gasteiger partial charge in [0.2, 0.25) is 0 Å². The zero-order valence-electron chi connectivity index (χ0n) is 11.2. The van der Waals surface area contributed by atoms with Crippen LogP contribution in [0.5, 0.6) is 5.75 Å². The number of nitrogens with two attached hydrogens (primary N) is 1. The van der Waals surface area contributed by atoms with E-state index in [1.165, 1.54) is 25.1 Å². The summed E-state index contributed by atoms with van der Waals surface area (Å²) in [6.07, 6.45) is -1.04. The van der Waals surface area contributed by atoms with Gasteiger partial charge in [-0.1, -0.05) is 12.1 Å². The van der Waals surface area contributed by atoms with Crippen LogP contribution in [-0.4, -0.2) is 30.5 Å². The fraction of sp³-hybridized carbons (Fsp3) is 0.250. The van der Waals surface area contributed by atoms with E-state index in [9.17, 15) is 18.8 Å². The summed E-state index contributed by atoms with van der Waals surface area (Å²) >= 11 is 0. The zero-order valence-corrected chi connectivity index (χ0v) is 11.2. The van der Waals surface area contributed by atoms with Gasteiger partial charge in [-0.15, -0.1) is 0 Å². The van der Waals surface area contributed by atoms with Crippen LogP contribution in [0.25, 0.3) is 0 Å². The standard InChI is InChI=1S/C12H15FN4O4/c1-7(21-9-5-3-2-4-8(9)13)11(19)17-16-10(18)6-15-12(14)20/h2-5,7H,6H2,1H3,(H,16,18)(H,17,19)(H3,14,15,20). The summed E-state index contributed by atoms with van der Waals surface area (Å²) in [6.45, 7) is 0.994. The molecule has 0 aliphatic rings. The van der Waals surface area contributed by atoms with Crippen LogP contribution < -0.4 is 26.6 Å². The van der Waals surface area contributed by atoms with E-state index >= 15 is 0 Å². The number of hydrogen-bond acceptors (Lipinski definition) is 4. The topological polar surface area (TPSA) is 123 Å². The number of hydrogen-bond donors (Lipinski definition) is 4. The lowest BCUT2D eigenvalue weighted by atomic mass is 10.3. The molecule has 0 spiro atoms. The van der Waals surface area contributed by atoms with Crippen molar-refractivity contribution >= 4 is 17.8 Å². The number of para-hydroxylation sites is 1. The number of primary amides is 1. The maximum Gasteiger partial charge on any atom is 0.312 e. The fourth-order valence-corrected chi connectivity index (χ4v) is 1.23. The number of nitrogens with one attached hydrogen (secondary N) is 3. The number of carbonyl (C=O) groups excluding carboxylic acids is 3. The van der Waals surface area contributed by atoms with E-state index in [4.69, 9.17) is 10.5 Å². The van der Waals surface area contributed by atoms with Crippen molar-refractivity contribution < 1.29 is 23.5 Å². The van der Waals surface area contributed by atoms with Gasteiger partial charge in [0.15, 0.2) is 17.7 Å². The normalized spacial score (nSPS) is 11.1. The Labute approximate surface area is 119 Å². The molecule has 1 rings (SSSR count). The van der Waals surface area contributed by atoms with Crippen molar-refractivity contribution in [1.29, 1.82) is 0 Å². The molecule has 0 bridgehead atoms. The number of carbonyl (C=O) groups is 3. The predicted octanol–water partition coefficient (Wildman–Crippen LogP) is -0.591. The molecular weight excluding hydrogens is 283 g/mol. The number of urea groups is 1. The minimum Gasteiger partial charge on any atom is -0.478 e. The minimum absolute atomic E-state index is 0.0816. The van der Waals surface area contributed by atoms with Crippen molar-refractivity contribution in [3.05, 3.63) is 30.1 Å². The second-order valence-corrected chi connectivity index (χ2v) is 3.95. The van der Waals surface area contributed by atoms with Crippen molar-refractivity contribution in [1.82, 2.24) is 16.2 Å². The van der Waals surface area contributed by atoms with E-state index in [1.807, 2.05) is 10.7 Å². The van der Waals surface area contributed by atoms with Gasteiger partial charge < -0.3 is 15.8 Å². The molecule has 0 saturated carbocycles. The first-order valence-electron chi connectivity index (χ1n) is 5.93. The molecule has 0 radical (unpaired) electrons. The van der Waals surface area contributed by atoms with Crippen LogP contribution in [0.4, 0.5) is 9.18 Å². The second kappa shape index (κ2) is 7.68. The molecule has 114 valence electrons. The molecule has 21 heavy (non-hydrogen) atoms. The number of rotatable bonds is 5. The SMILES string of the molecule is CC(Oc1ccccc1F)C(=O)NNC(=O)CNC(N)=O. The number of halogens is 1. The Hall–Kier alpha value is -2.84. The summed E-state index contributed by atoms with van der Waals surface area (Å²) in [5.74, 6) is -2.06. The highest BCUT2D eigenvalue weighted by Crippen LogP contribution is 2.16. The van der Waals surface area contributed by atoms with Gasteiger partial charge in [-0.25, -0.2) is 9.18 Å². The van der Waals surface area contributed by atoms with Crippen LogP contribution in [0, 0.1) is 5.82 Å². The minimum atomic E-state index is -1.04. The average molecular weight is 298 g/mol. The molecule has 0 saturated heterocycles. The highest BCUT2D eigenvalue weighted by atomic mass is 19.1. The van der Waals surface area contributed by atoms with Gasteiger partial charge in [-0.3, -0.25) is 20.4 Å². The predicted molar refractivity (Wildman–Crippen MR) is 70.4 cm³/mol. The lowest BCUT2D eigenvalue weighted by molar-refractivity contribution is -0.132. The molecule has 8 nitrogen and oxygen atoms in total. The van der Waals surface area contributed by atoms with Crippen molar-refractivity contribution in [2.45, 2.75) is 13.0 Å². The summed E-state index contributed by atoms with van der Waals surface area (Å²) in [5, 5.41) is 2.04. The van der Waals surface area contributed by atoms with E-state index in [0.717, 1.165) is 0 Å². The third-order valence-corrected chi connectivity index (χ3v) is 2.26. The zero-order chi connectivity index (χ0) is 15.8. The third-order valence-electron chi connectivity index (χ3n) is 2.26. The summed E-state index contributed by atoms with van der Waals surface area (Å²) in [5.41, 5.74) is 8.88. The molecule has 1 aromatic rings. The van der Waals surface area contributed by atoms with Gasteiger partial charge in [0.25, 0.3) is 11.8 Å². The van der Waals surface area contributed by atoms with Gasteiger partial charge in [0.05, 0.1) is 0 Å². The Kier molecular flexibility index (Phi) is 5.93. The van der Waals surface area contributed by atoms with E-state index in [-0.39, 0.29) is 5.75 Å². The average Bonchev–Trinajstić information content (AvgIpc) is 2.44. The first-order chi connectivity index (χ1) is 9.90. The summed E-state index contributed by atoms with van der Waals surface area (Å²) in [6, 6.07) is 4.73. The van der Waals surface area contributed by atoms with Crippen molar-refractivity contribution in [3.63, 3.8) is 0 Å². The smallest absolute Gasteiger partial charge is 0.312 e. The maximum absolute atomic E-state index is 13.3. The maximum atomic E-state index is 13.3. The lowest BCUT2D eigenvalue weighted by Crippen LogP contribution is -2.50. The first kappa shape index (κ1) is 16.2. The summed E-state index contributed by atoms with van der Waals surface area (Å²) in [4.78, 5) is 33.2. The van der Waals surface area contributed by atoms with Crippen molar-refractivity contribution in [3.8, 4) is 5.75 Å². The van der Waals surface area contributed by atoms with Gasteiger partial charge in [0.1, 0.15) is 6.54 Å². The highest BCUT2D eigenvalue weighted by molar-refractivity contribution is 5.87. The number of hydrazine groups is 1.